The second-order valence-corrected chi connectivity index (χ2v) is 6.41. The molecule has 3 heteroatoms. The summed E-state index contributed by atoms with van der Waals surface area (Å²) in [6, 6.07) is 10.2. The number of aldehydes is 1. The molecule has 1 amide bonds. The number of likely N-dealkylation sites (tertiary alicyclic amines) is 1. The van der Waals surface area contributed by atoms with Gasteiger partial charge in [-0.05, 0) is 37.2 Å². The van der Waals surface area contributed by atoms with Gasteiger partial charge in [0, 0.05) is 24.9 Å². The van der Waals surface area contributed by atoms with Crippen molar-refractivity contribution in [2.45, 2.75) is 57.0 Å². The maximum absolute atomic E-state index is 12.5. The van der Waals surface area contributed by atoms with Crippen molar-refractivity contribution in [3.8, 4) is 0 Å². The molecule has 3 nitrogen and oxygen atoms in total. The van der Waals surface area contributed by atoms with Gasteiger partial charge < -0.3 is 9.69 Å². The molecule has 0 unspecified atom stereocenters. The number of piperidine rings is 1. The van der Waals surface area contributed by atoms with E-state index in [4.69, 9.17) is 0 Å². The molecule has 112 valence electrons. The zero-order valence-corrected chi connectivity index (χ0v) is 12.5. The molecule has 0 N–H and O–H groups in total. The molecule has 1 aliphatic heterocycles. The molecular formula is C18H23NO2. The minimum Gasteiger partial charge on any atom is -0.332 e. The van der Waals surface area contributed by atoms with Gasteiger partial charge in [0.2, 0.25) is 5.91 Å². The summed E-state index contributed by atoms with van der Waals surface area (Å²) in [5, 5.41) is 0. The highest BCUT2D eigenvalue weighted by Gasteiger charge is 2.50. The summed E-state index contributed by atoms with van der Waals surface area (Å²) in [6.45, 7) is 0.690. The monoisotopic (exact) mass is 285 g/mol. The molecule has 0 bridgehead atoms. The van der Waals surface area contributed by atoms with Crippen LogP contribution in [0.3, 0.4) is 0 Å². The number of hydrogen-bond acceptors (Lipinski definition) is 2. The number of carbonyl (C=O) groups excluding carboxylic acids is 2. The van der Waals surface area contributed by atoms with Gasteiger partial charge in [0.25, 0.3) is 0 Å². The Hall–Kier alpha value is -1.64. The Morgan fingerprint density at radius 1 is 1.19 bits per heavy atom. The van der Waals surface area contributed by atoms with E-state index in [0.29, 0.717) is 25.3 Å². The molecule has 1 saturated heterocycles. The predicted molar refractivity (Wildman–Crippen MR) is 81.6 cm³/mol. The Balaban J connectivity index is 1.89. The van der Waals surface area contributed by atoms with Crippen LogP contribution in [0.4, 0.5) is 0 Å². The number of hydrogen-bond donors (Lipinski definition) is 0. The highest BCUT2D eigenvalue weighted by atomic mass is 16.2. The van der Waals surface area contributed by atoms with Crippen molar-refractivity contribution in [2.24, 2.45) is 5.92 Å². The number of benzene rings is 1. The van der Waals surface area contributed by atoms with E-state index < -0.39 is 0 Å². The fourth-order valence-corrected chi connectivity index (χ4v) is 4.34. The number of rotatable bonds is 4. The standard InChI is InChI=1S/C18H23NO2/c20-13-10-16-8-4-11-18(16)12-5-9-17(21)19(18)14-15-6-2-1-3-7-15/h1-3,6-7,13,16H,4-5,8-12,14H2/t16-,18-/m1/s1. The van der Waals surface area contributed by atoms with Gasteiger partial charge in [0.15, 0.2) is 0 Å². The van der Waals surface area contributed by atoms with Gasteiger partial charge in [-0.25, -0.2) is 0 Å². The molecule has 2 aliphatic rings. The fraction of sp³-hybridized carbons (Fsp3) is 0.556. The van der Waals surface area contributed by atoms with Crippen molar-refractivity contribution in [2.75, 3.05) is 0 Å². The normalized spacial score (nSPS) is 29.0. The third-order valence-corrected chi connectivity index (χ3v) is 5.33. The summed E-state index contributed by atoms with van der Waals surface area (Å²) in [6.07, 6.45) is 7.60. The average Bonchev–Trinajstić information content (AvgIpc) is 2.88. The molecule has 2 fully saturated rings. The minimum absolute atomic E-state index is 0.0634. The number of amides is 1. The van der Waals surface area contributed by atoms with Crippen LogP contribution in [0.25, 0.3) is 0 Å². The lowest BCUT2D eigenvalue weighted by Gasteiger charge is -2.48. The van der Waals surface area contributed by atoms with Gasteiger partial charge in [-0.2, -0.15) is 0 Å². The van der Waals surface area contributed by atoms with Gasteiger partial charge in [0.1, 0.15) is 6.29 Å². The Morgan fingerprint density at radius 2 is 1.95 bits per heavy atom. The fourth-order valence-electron chi connectivity index (χ4n) is 4.34. The molecule has 1 aromatic carbocycles. The maximum Gasteiger partial charge on any atom is 0.223 e. The van der Waals surface area contributed by atoms with Crippen molar-refractivity contribution >= 4 is 12.2 Å². The minimum atomic E-state index is -0.0634. The van der Waals surface area contributed by atoms with Gasteiger partial charge in [-0.15, -0.1) is 0 Å². The van der Waals surface area contributed by atoms with Crippen LogP contribution >= 0.6 is 0 Å². The van der Waals surface area contributed by atoms with Gasteiger partial charge in [-0.1, -0.05) is 36.8 Å². The Labute approximate surface area is 126 Å². The lowest BCUT2D eigenvalue weighted by atomic mass is 9.76. The molecule has 0 radical (unpaired) electrons. The molecule has 1 spiro atoms. The van der Waals surface area contributed by atoms with E-state index in [1.807, 2.05) is 18.2 Å². The third-order valence-electron chi connectivity index (χ3n) is 5.33. The van der Waals surface area contributed by atoms with Gasteiger partial charge in [-0.3, -0.25) is 4.79 Å². The van der Waals surface area contributed by atoms with Crippen LogP contribution < -0.4 is 0 Å². The molecule has 21 heavy (non-hydrogen) atoms. The molecule has 1 aliphatic carbocycles. The maximum atomic E-state index is 12.5. The number of nitrogens with zero attached hydrogens (tertiary/aromatic N) is 1. The predicted octanol–water partition coefficient (Wildman–Crippen LogP) is 3.33. The first-order valence-corrected chi connectivity index (χ1v) is 8.04. The first kappa shape index (κ1) is 14.3. The van der Waals surface area contributed by atoms with Crippen LogP contribution in [0.2, 0.25) is 0 Å². The lowest BCUT2D eigenvalue weighted by Crippen LogP contribution is -2.56. The molecule has 1 aromatic rings. The van der Waals surface area contributed by atoms with E-state index in [2.05, 4.69) is 17.0 Å². The molecule has 1 saturated carbocycles. The summed E-state index contributed by atoms with van der Waals surface area (Å²) < 4.78 is 0. The highest BCUT2D eigenvalue weighted by molar-refractivity contribution is 5.78. The van der Waals surface area contributed by atoms with Crippen LogP contribution in [0.1, 0.15) is 50.5 Å². The van der Waals surface area contributed by atoms with E-state index in [-0.39, 0.29) is 11.4 Å². The first-order valence-electron chi connectivity index (χ1n) is 8.04. The molecule has 0 aromatic heterocycles. The molecule has 1 heterocycles. The van der Waals surface area contributed by atoms with Crippen molar-refractivity contribution in [1.29, 1.82) is 0 Å². The zero-order valence-electron chi connectivity index (χ0n) is 12.5. The first-order chi connectivity index (χ1) is 10.3. The van der Waals surface area contributed by atoms with E-state index in [0.717, 1.165) is 38.4 Å². The largest absolute Gasteiger partial charge is 0.332 e. The Kier molecular flexibility index (Phi) is 4.09. The van der Waals surface area contributed by atoms with Crippen LogP contribution in [0.5, 0.6) is 0 Å². The van der Waals surface area contributed by atoms with E-state index >= 15 is 0 Å². The SMILES string of the molecule is O=CC[C@H]1CCC[C@@]12CCCC(=O)N2Cc1ccccc1. The van der Waals surface area contributed by atoms with Crippen molar-refractivity contribution in [3.05, 3.63) is 35.9 Å². The Bertz CT molecular complexity index is 513. The molecule has 2 atom stereocenters. The van der Waals surface area contributed by atoms with E-state index in [1.165, 1.54) is 5.56 Å². The van der Waals surface area contributed by atoms with Crippen LogP contribution in [0, 0.1) is 5.92 Å². The second kappa shape index (κ2) is 6.00. The lowest BCUT2D eigenvalue weighted by molar-refractivity contribution is -0.146. The van der Waals surface area contributed by atoms with E-state index in [1.54, 1.807) is 0 Å². The third kappa shape index (κ3) is 2.61. The van der Waals surface area contributed by atoms with Crippen LogP contribution in [-0.2, 0) is 16.1 Å². The Morgan fingerprint density at radius 3 is 2.71 bits per heavy atom. The topological polar surface area (TPSA) is 37.4 Å². The summed E-state index contributed by atoms with van der Waals surface area (Å²) in [5.74, 6) is 0.617. The van der Waals surface area contributed by atoms with Gasteiger partial charge >= 0.3 is 0 Å². The van der Waals surface area contributed by atoms with Gasteiger partial charge in [0.05, 0.1) is 0 Å². The highest BCUT2D eigenvalue weighted by Crippen LogP contribution is 2.48. The van der Waals surface area contributed by atoms with Crippen molar-refractivity contribution in [3.63, 3.8) is 0 Å². The quantitative estimate of drug-likeness (QED) is 0.796. The van der Waals surface area contributed by atoms with Crippen molar-refractivity contribution in [1.82, 2.24) is 4.90 Å². The zero-order chi connectivity index (χ0) is 14.7. The van der Waals surface area contributed by atoms with Crippen molar-refractivity contribution < 1.29 is 9.59 Å². The summed E-state index contributed by atoms with van der Waals surface area (Å²) in [4.78, 5) is 25.7. The number of carbonyl (C=O) groups is 2. The average molecular weight is 285 g/mol. The summed E-state index contributed by atoms with van der Waals surface area (Å²) in [7, 11) is 0. The second-order valence-electron chi connectivity index (χ2n) is 6.41. The molecule has 3 rings (SSSR count). The summed E-state index contributed by atoms with van der Waals surface area (Å²) in [5.41, 5.74) is 1.12. The molecular weight excluding hydrogens is 262 g/mol. The summed E-state index contributed by atoms with van der Waals surface area (Å²) >= 11 is 0. The smallest absolute Gasteiger partial charge is 0.223 e. The van der Waals surface area contributed by atoms with Crippen LogP contribution in [0.15, 0.2) is 30.3 Å². The van der Waals surface area contributed by atoms with E-state index in [9.17, 15) is 9.59 Å². The van der Waals surface area contributed by atoms with Crippen LogP contribution in [-0.4, -0.2) is 22.6 Å².